The Kier molecular flexibility index (Phi) is 4.54. The van der Waals surface area contributed by atoms with Crippen molar-refractivity contribution >= 4 is 72.9 Å². The van der Waals surface area contributed by atoms with E-state index < -0.39 is 0 Å². The molecule has 2 aromatic heterocycles. The lowest BCUT2D eigenvalue weighted by atomic mass is 10.2. The van der Waals surface area contributed by atoms with Gasteiger partial charge in [0.1, 0.15) is 5.58 Å². The van der Waals surface area contributed by atoms with Crippen LogP contribution in [0.5, 0.6) is 0 Å². The number of nitrogens with one attached hydrogen (secondary N) is 1. The maximum Gasteiger partial charge on any atom is 0.340 e. The number of fused-ring (bicyclic) bond motifs is 2. The van der Waals surface area contributed by atoms with E-state index in [9.17, 15) is 4.79 Å². The van der Waals surface area contributed by atoms with E-state index >= 15 is 0 Å². The zero-order valence-electron chi connectivity index (χ0n) is 12.5. The topological polar surface area (TPSA) is 58.9 Å². The zero-order valence-corrected chi connectivity index (χ0v) is 16.4. The molecule has 0 unspecified atom stereocenters. The molecular weight excluding hydrogens is 447 g/mol. The fourth-order valence-corrected chi connectivity index (χ4v) is 3.97. The molecule has 25 heavy (non-hydrogen) atoms. The van der Waals surface area contributed by atoms with Gasteiger partial charge < -0.3 is 9.40 Å². The van der Waals surface area contributed by atoms with Crippen LogP contribution in [0.2, 0.25) is 10.0 Å². The molecule has 0 amide bonds. The molecule has 0 saturated heterocycles. The molecule has 4 rings (SSSR count). The van der Waals surface area contributed by atoms with Crippen LogP contribution in [-0.2, 0) is 5.75 Å². The summed E-state index contributed by atoms with van der Waals surface area (Å²) in [4.78, 5) is 19.8. The van der Waals surface area contributed by atoms with Gasteiger partial charge in [0.05, 0.1) is 21.1 Å². The first kappa shape index (κ1) is 17.0. The molecule has 0 bridgehead atoms. The number of aromatic amines is 1. The molecule has 0 spiro atoms. The molecule has 0 aliphatic heterocycles. The van der Waals surface area contributed by atoms with E-state index in [1.54, 1.807) is 18.2 Å². The third kappa shape index (κ3) is 3.44. The van der Waals surface area contributed by atoms with Gasteiger partial charge in [-0.25, -0.2) is 9.78 Å². The summed E-state index contributed by atoms with van der Waals surface area (Å²) < 4.78 is 6.30. The van der Waals surface area contributed by atoms with Crippen molar-refractivity contribution in [2.45, 2.75) is 10.9 Å². The van der Waals surface area contributed by atoms with Gasteiger partial charge in [-0.15, -0.1) is 0 Å². The highest BCUT2D eigenvalue weighted by Crippen LogP contribution is 2.29. The van der Waals surface area contributed by atoms with Crippen LogP contribution in [-0.4, -0.2) is 9.97 Å². The number of halogens is 3. The number of rotatable bonds is 3. The molecule has 0 aliphatic rings. The van der Waals surface area contributed by atoms with Gasteiger partial charge in [-0.05, 0) is 36.4 Å². The van der Waals surface area contributed by atoms with E-state index in [2.05, 4.69) is 25.9 Å². The van der Waals surface area contributed by atoms with Gasteiger partial charge in [0.15, 0.2) is 5.16 Å². The van der Waals surface area contributed by atoms with Crippen LogP contribution in [0.3, 0.4) is 0 Å². The number of nitrogens with zero attached hydrogens (tertiary/aromatic N) is 1. The number of benzene rings is 2. The number of H-pyrrole nitrogens is 1. The van der Waals surface area contributed by atoms with Gasteiger partial charge in [0, 0.05) is 21.2 Å². The van der Waals surface area contributed by atoms with E-state index in [1.165, 1.54) is 11.8 Å². The molecule has 0 atom stereocenters. The first-order valence-corrected chi connectivity index (χ1v) is 9.73. The number of hydrogen-bond donors (Lipinski definition) is 1. The Labute approximate surface area is 164 Å². The van der Waals surface area contributed by atoms with E-state index in [1.807, 2.05) is 18.2 Å². The van der Waals surface area contributed by atoms with Gasteiger partial charge in [-0.1, -0.05) is 50.9 Å². The van der Waals surface area contributed by atoms with Crippen LogP contribution in [0.1, 0.15) is 5.56 Å². The summed E-state index contributed by atoms with van der Waals surface area (Å²) in [6.45, 7) is 0. The smallest absolute Gasteiger partial charge is 0.340 e. The first-order chi connectivity index (χ1) is 12.0. The minimum atomic E-state index is -0.343. The summed E-state index contributed by atoms with van der Waals surface area (Å²) in [5, 5.41) is 2.47. The average molecular weight is 456 g/mol. The largest absolute Gasteiger partial charge is 0.423 e. The summed E-state index contributed by atoms with van der Waals surface area (Å²) in [5.41, 5.74) is 2.32. The third-order valence-electron chi connectivity index (χ3n) is 3.63. The summed E-state index contributed by atoms with van der Waals surface area (Å²) in [5.74, 6) is 0.437. The van der Waals surface area contributed by atoms with Gasteiger partial charge in [0.2, 0.25) is 0 Å². The van der Waals surface area contributed by atoms with Crippen molar-refractivity contribution in [2.24, 2.45) is 0 Å². The molecule has 126 valence electrons. The van der Waals surface area contributed by atoms with Crippen molar-refractivity contribution in [1.29, 1.82) is 0 Å². The van der Waals surface area contributed by atoms with E-state index in [-0.39, 0.29) is 5.63 Å². The van der Waals surface area contributed by atoms with Crippen molar-refractivity contribution < 1.29 is 4.42 Å². The zero-order chi connectivity index (χ0) is 17.6. The molecule has 0 saturated carbocycles. The van der Waals surface area contributed by atoms with Crippen LogP contribution in [0.15, 0.2) is 55.2 Å². The van der Waals surface area contributed by atoms with Crippen LogP contribution >= 0.6 is 50.9 Å². The Morgan fingerprint density at radius 1 is 1.16 bits per heavy atom. The van der Waals surface area contributed by atoms with Crippen LogP contribution in [0, 0.1) is 0 Å². The maximum absolute atomic E-state index is 12.1. The Morgan fingerprint density at radius 3 is 2.80 bits per heavy atom. The van der Waals surface area contributed by atoms with E-state index in [4.69, 9.17) is 27.6 Å². The molecule has 0 radical (unpaired) electrons. The molecular formula is C17H9BrCl2N2O2S. The number of hydrogen-bond acceptors (Lipinski definition) is 4. The number of thioether (sulfide) groups is 1. The number of aromatic nitrogens is 2. The lowest BCUT2D eigenvalue weighted by molar-refractivity contribution is 0.554. The van der Waals surface area contributed by atoms with Crippen molar-refractivity contribution in [3.8, 4) is 0 Å². The van der Waals surface area contributed by atoms with Gasteiger partial charge >= 0.3 is 5.63 Å². The van der Waals surface area contributed by atoms with Crippen LogP contribution < -0.4 is 5.63 Å². The van der Waals surface area contributed by atoms with Gasteiger partial charge in [-0.2, -0.15) is 0 Å². The monoisotopic (exact) mass is 454 g/mol. The predicted octanol–water partition coefficient (Wildman–Crippen LogP) is 6.03. The normalized spacial score (nSPS) is 11.5. The van der Waals surface area contributed by atoms with E-state index in [0.717, 1.165) is 20.9 Å². The Bertz CT molecular complexity index is 1130. The molecule has 4 nitrogen and oxygen atoms in total. The third-order valence-corrected chi connectivity index (χ3v) is 5.77. The standard InChI is InChI=1S/C17H9BrCl2N2O2S/c18-10-1-2-15-8(4-10)3-9(16(23)24-15)7-25-17-21-13-5-11(19)12(20)6-14(13)22-17/h1-6H,7H2,(H,21,22). The lowest BCUT2D eigenvalue weighted by Crippen LogP contribution is -2.05. The summed E-state index contributed by atoms with van der Waals surface area (Å²) in [6, 6.07) is 10.8. The minimum Gasteiger partial charge on any atom is -0.423 e. The molecule has 2 aromatic carbocycles. The van der Waals surface area contributed by atoms with Gasteiger partial charge in [0.25, 0.3) is 0 Å². The van der Waals surface area contributed by atoms with Crippen molar-refractivity contribution in [3.05, 3.63) is 66.9 Å². The van der Waals surface area contributed by atoms with Crippen molar-refractivity contribution in [1.82, 2.24) is 9.97 Å². The second-order valence-corrected chi connectivity index (χ2v) is 8.05. The first-order valence-electron chi connectivity index (χ1n) is 7.19. The molecule has 8 heteroatoms. The fraction of sp³-hybridized carbons (Fsp3) is 0.0588. The highest BCUT2D eigenvalue weighted by atomic mass is 79.9. The van der Waals surface area contributed by atoms with Gasteiger partial charge in [-0.3, -0.25) is 0 Å². The second kappa shape index (κ2) is 6.68. The Morgan fingerprint density at radius 2 is 1.96 bits per heavy atom. The molecule has 0 aliphatic carbocycles. The highest BCUT2D eigenvalue weighted by molar-refractivity contribution is 9.10. The van der Waals surface area contributed by atoms with Crippen LogP contribution in [0.25, 0.3) is 22.0 Å². The number of imidazole rings is 1. The molecule has 2 heterocycles. The van der Waals surface area contributed by atoms with Crippen molar-refractivity contribution in [2.75, 3.05) is 0 Å². The predicted molar refractivity (Wildman–Crippen MR) is 106 cm³/mol. The molecule has 0 fully saturated rings. The lowest BCUT2D eigenvalue weighted by Gasteiger charge is -2.01. The molecule has 4 aromatic rings. The molecule has 1 N–H and O–H groups in total. The SMILES string of the molecule is O=c1oc2ccc(Br)cc2cc1CSc1nc2cc(Cl)c(Cl)cc2[nH]1. The highest BCUT2D eigenvalue weighted by Gasteiger charge is 2.10. The van der Waals surface area contributed by atoms with E-state index in [0.29, 0.717) is 32.1 Å². The quantitative estimate of drug-likeness (QED) is 0.302. The maximum atomic E-state index is 12.1. The summed E-state index contributed by atoms with van der Waals surface area (Å²) >= 11 is 16.9. The Balaban J connectivity index is 1.63. The van der Waals surface area contributed by atoms with Crippen molar-refractivity contribution in [3.63, 3.8) is 0 Å². The minimum absolute atomic E-state index is 0.343. The summed E-state index contributed by atoms with van der Waals surface area (Å²) in [7, 11) is 0. The Hall–Kier alpha value is -1.47. The fourth-order valence-electron chi connectivity index (χ4n) is 2.43. The second-order valence-electron chi connectivity index (χ2n) is 5.36. The average Bonchev–Trinajstić information content (AvgIpc) is 2.95. The van der Waals surface area contributed by atoms with Crippen LogP contribution in [0.4, 0.5) is 0 Å². The summed E-state index contributed by atoms with van der Waals surface area (Å²) in [6.07, 6.45) is 0.